The van der Waals surface area contributed by atoms with E-state index in [1.807, 2.05) is 0 Å². The monoisotopic (exact) mass is 209 g/mol. The van der Waals surface area contributed by atoms with Gasteiger partial charge in [-0.1, -0.05) is 6.92 Å². The number of hydrogen-bond acceptors (Lipinski definition) is 3. The van der Waals surface area contributed by atoms with Crippen LogP contribution < -0.4 is 0 Å². The van der Waals surface area contributed by atoms with Crippen molar-refractivity contribution in [2.75, 3.05) is 13.2 Å². The summed E-state index contributed by atoms with van der Waals surface area (Å²) < 4.78 is 5.06. The van der Waals surface area contributed by atoms with E-state index in [-0.39, 0.29) is 18.6 Å². The Morgan fingerprint density at radius 3 is 3.13 bits per heavy atom. The summed E-state index contributed by atoms with van der Waals surface area (Å²) in [4.78, 5) is 13.6. The van der Waals surface area contributed by atoms with Crippen molar-refractivity contribution in [1.82, 2.24) is 4.90 Å². The van der Waals surface area contributed by atoms with Crippen LogP contribution in [-0.2, 0) is 0 Å². The van der Waals surface area contributed by atoms with Crippen LogP contribution in [0.2, 0.25) is 0 Å². The third-order valence-electron chi connectivity index (χ3n) is 3.06. The quantitative estimate of drug-likeness (QED) is 0.794. The van der Waals surface area contributed by atoms with Crippen molar-refractivity contribution in [3.63, 3.8) is 0 Å². The molecule has 2 rings (SSSR count). The molecule has 0 aromatic carbocycles. The molecule has 1 aromatic heterocycles. The van der Waals surface area contributed by atoms with Crippen LogP contribution in [0.5, 0.6) is 0 Å². The molecular weight excluding hydrogens is 194 g/mol. The maximum Gasteiger partial charge on any atom is 0.289 e. The maximum absolute atomic E-state index is 11.9. The van der Waals surface area contributed by atoms with Crippen LogP contribution in [-0.4, -0.2) is 35.1 Å². The molecule has 0 spiro atoms. The van der Waals surface area contributed by atoms with Crippen molar-refractivity contribution in [2.24, 2.45) is 5.92 Å². The zero-order chi connectivity index (χ0) is 10.8. The highest BCUT2D eigenvalue weighted by Gasteiger charge is 2.35. The lowest BCUT2D eigenvalue weighted by Gasteiger charge is -2.24. The minimum Gasteiger partial charge on any atom is -0.459 e. The van der Waals surface area contributed by atoms with E-state index in [9.17, 15) is 9.90 Å². The number of likely N-dealkylation sites (tertiary alicyclic amines) is 1. The number of amides is 1. The Hall–Kier alpha value is -1.29. The summed E-state index contributed by atoms with van der Waals surface area (Å²) in [6, 6.07) is 3.28. The van der Waals surface area contributed by atoms with Crippen LogP contribution in [0.4, 0.5) is 0 Å². The Balaban J connectivity index is 2.14. The third-order valence-corrected chi connectivity index (χ3v) is 3.06. The van der Waals surface area contributed by atoms with Gasteiger partial charge in [0.25, 0.3) is 5.91 Å². The van der Waals surface area contributed by atoms with Gasteiger partial charge < -0.3 is 14.4 Å². The van der Waals surface area contributed by atoms with Gasteiger partial charge in [0.05, 0.1) is 18.9 Å². The van der Waals surface area contributed by atoms with E-state index in [2.05, 4.69) is 6.92 Å². The van der Waals surface area contributed by atoms with Crippen molar-refractivity contribution in [1.29, 1.82) is 0 Å². The van der Waals surface area contributed by atoms with Crippen molar-refractivity contribution in [3.8, 4) is 0 Å². The number of aliphatic hydroxyl groups is 1. The lowest BCUT2D eigenvalue weighted by molar-refractivity contribution is 0.0617. The predicted molar refractivity (Wildman–Crippen MR) is 54.4 cm³/mol. The van der Waals surface area contributed by atoms with Crippen molar-refractivity contribution < 1.29 is 14.3 Å². The van der Waals surface area contributed by atoms with E-state index in [0.717, 1.165) is 6.42 Å². The summed E-state index contributed by atoms with van der Waals surface area (Å²) >= 11 is 0. The van der Waals surface area contributed by atoms with Gasteiger partial charge in [-0.2, -0.15) is 0 Å². The van der Waals surface area contributed by atoms with E-state index in [1.165, 1.54) is 6.26 Å². The van der Waals surface area contributed by atoms with Crippen LogP contribution in [0.3, 0.4) is 0 Å². The SMILES string of the molecule is CC1CCN(C(=O)c2ccco2)C1CO. The minimum absolute atomic E-state index is 0.0214. The molecule has 82 valence electrons. The summed E-state index contributed by atoms with van der Waals surface area (Å²) in [5.74, 6) is 0.583. The Kier molecular flexibility index (Phi) is 2.77. The molecule has 15 heavy (non-hydrogen) atoms. The second-order valence-electron chi connectivity index (χ2n) is 3.99. The molecule has 1 aliphatic heterocycles. The normalized spacial score (nSPS) is 25.9. The van der Waals surface area contributed by atoms with Gasteiger partial charge in [0, 0.05) is 6.54 Å². The summed E-state index contributed by atoms with van der Waals surface area (Å²) in [7, 11) is 0. The van der Waals surface area contributed by atoms with Gasteiger partial charge in [-0.05, 0) is 24.5 Å². The first-order valence-corrected chi connectivity index (χ1v) is 5.19. The first-order chi connectivity index (χ1) is 7.24. The Morgan fingerprint density at radius 1 is 1.73 bits per heavy atom. The van der Waals surface area contributed by atoms with Gasteiger partial charge in [-0.25, -0.2) is 0 Å². The fourth-order valence-corrected chi connectivity index (χ4v) is 2.08. The summed E-state index contributed by atoms with van der Waals surface area (Å²) in [5, 5.41) is 9.23. The molecule has 2 heterocycles. The van der Waals surface area contributed by atoms with Crippen LogP contribution in [0.1, 0.15) is 23.9 Å². The van der Waals surface area contributed by atoms with Crippen molar-refractivity contribution in [2.45, 2.75) is 19.4 Å². The average molecular weight is 209 g/mol. The second-order valence-corrected chi connectivity index (χ2v) is 3.99. The first kappa shape index (κ1) is 10.2. The fraction of sp³-hybridized carbons (Fsp3) is 0.545. The molecule has 1 N–H and O–H groups in total. The zero-order valence-electron chi connectivity index (χ0n) is 8.72. The molecule has 1 amide bonds. The summed E-state index contributed by atoms with van der Waals surface area (Å²) in [5.41, 5.74) is 0. The number of carbonyl (C=O) groups excluding carboxylic acids is 1. The van der Waals surface area contributed by atoms with Gasteiger partial charge in [-0.3, -0.25) is 4.79 Å². The number of carbonyl (C=O) groups is 1. The molecule has 2 unspecified atom stereocenters. The summed E-state index contributed by atoms with van der Waals surface area (Å²) in [6.45, 7) is 2.77. The van der Waals surface area contributed by atoms with Crippen LogP contribution in [0.15, 0.2) is 22.8 Å². The molecule has 1 fully saturated rings. The molecule has 1 saturated heterocycles. The van der Waals surface area contributed by atoms with Gasteiger partial charge in [0.1, 0.15) is 0 Å². The highest BCUT2D eigenvalue weighted by Crippen LogP contribution is 2.25. The molecule has 1 aliphatic rings. The largest absolute Gasteiger partial charge is 0.459 e. The van der Waals surface area contributed by atoms with Gasteiger partial charge >= 0.3 is 0 Å². The Labute approximate surface area is 88.5 Å². The highest BCUT2D eigenvalue weighted by molar-refractivity contribution is 5.91. The lowest BCUT2D eigenvalue weighted by Crippen LogP contribution is -2.39. The lowest BCUT2D eigenvalue weighted by atomic mass is 10.0. The molecule has 4 nitrogen and oxygen atoms in total. The first-order valence-electron chi connectivity index (χ1n) is 5.19. The molecule has 0 saturated carbocycles. The molecule has 0 radical (unpaired) electrons. The van der Waals surface area contributed by atoms with E-state index in [0.29, 0.717) is 18.2 Å². The van der Waals surface area contributed by atoms with Crippen LogP contribution in [0.25, 0.3) is 0 Å². The van der Waals surface area contributed by atoms with Crippen LogP contribution >= 0.6 is 0 Å². The molecule has 1 aromatic rings. The zero-order valence-corrected chi connectivity index (χ0v) is 8.72. The Bertz CT molecular complexity index is 334. The van der Waals surface area contributed by atoms with Gasteiger partial charge in [0.2, 0.25) is 0 Å². The summed E-state index contributed by atoms with van der Waals surface area (Å²) in [6.07, 6.45) is 2.43. The average Bonchev–Trinajstić information content (AvgIpc) is 2.85. The highest BCUT2D eigenvalue weighted by atomic mass is 16.3. The Morgan fingerprint density at radius 2 is 2.53 bits per heavy atom. The predicted octanol–water partition coefficient (Wildman–Crippen LogP) is 1.12. The van der Waals surface area contributed by atoms with Gasteiger partial charge in [-0.15, -0.1) is 0 Å². The molecule has 0 aliphatic carbocycles. The minimum atomic E-state index is -0.122. The van der Waals surface area contributed by atoms with E-state index in [1.54, 1.807) is 17.0 Å². The topological polar surface area (TPSA) is 53.7 Å². The number of rotatable bonds is 2. The molecule has 0 bridgehead atoms. The maximum atomic E-state index is 11.9. The molecule has 2 atom stereocenters. The standard InChI is InChI=1S/C11H15NO3/c1-8-4-5-12(9(8)7-13)11(14)10-3-2-6-15-10/h2-3,6,8-9,13H,4-5,7H2,1H3. The fourth-order valence-electron chi connectivity index (χ4n) is 2.08. The van der Waals surface area contributed by atoms with Crippen molar-refractivity contribution in [3.05, 3.63) is 24.2 Å². The third kappa shape index (κ3) is 1.77. The number of hydrogen-bond donors (Lipinski definition) is 1. The van der Waals surface area contributed by atoms with E-state index < -0.39 is 0 Å². The smallest absolute Gasteiger partial charge is 0.289 e. The number of furan rings is 1. The van der Waals surface area contributed by atoms with Crippen LogP contribution in [0, 0.1) is 5.92 Å². The van der Waals surface area contributed by atoms with E-state index >= 15 is 0 Å². The molecular formula is C11H15NO3. The van der Waals surface area contributed by atoms with Crippen molar-refractivity contribution >= 4 is 5.91 Å². The molecule has 4 heteroatoms. The van der Waals surface area contributed by atoms with Gasteiger partial charge in [0.15, 0.2) is 5.76 Å². The number of aliphatic hydroxyl groups excluding tert-OH is 1. The second kappa shape index (κ2) is 4.06. The number of nitrogens with zero attached hydrogens (tertiary/aromatic N) is 1. The van der Waals surface area contributed by atoms with E-state index in [4.69, 9.17) is 4.42 Å².